The Morgan fingerprint density at radius 2 is 0.839 bits per heavy atom. The number of benzene rings is 3. The molecule has 0 saturated carbocycles. The van der Waals surface area contributed by atoms with E-state index in [1.165, 1.54) is 17.7 Å². The first-order chi connectivity index (χ1) is 29.4. The lowest BCUT2D eigenvalue weighted by atomic mass is 9.98. The zero-order chi connectivity index (χ0) is 45.3. The average Bonchev–Trinajstić information content (AvgIpc) is 3.22. The van der Waals surface area contributed by atoms with E-state index in [1.54, 1.807) is 24.3 Å². The third kappa shape index (κ3) is 16.3. The molecule has 0 amide bonds. The zero-order valence-electron chi connectivity index (χ0n) is 37.4. The second kappa shape index (κ2) is 23.7. The Kier molecular flexibility index (Phi) is 18.5. The Hall–Kier alpha value is -6.23. The molecule has 62 heavy (non-hydrogen) atoms. The van der Waals surface area contributed by atoms with E-state index >= 15 is 0 Å². The molecular weight excluding hydrogens is 783 g/mol. The number of nitrogens with zero attached hydrogens (tertiary/aromatic N) is 6. The Bertz CT molecular complexity index is 2380. The van der Waals surface area contributed by atoms with Crippen molar-refractivity contribution in [3.63, 3.8) is 0 Å². The van der Waals surface area contributed by atoms with Crippen molar-refractivity contribution in [3.8, 4) is 0 Å². The molecule has 0 aliphatic heterocycles. The maximum atomic E-state index is 14.0. The number of Topliss-reactive ketones (excluding diaryl/α,β-unsaturated/α-hetero) is 3. The van der Waals surface area contributed by atoms with E-state index in [4.69, 9.17) is 0 Å². The van der Waals surface area contributed by atoms with E-state index in [2.05, 4.69) is 56.6 Å². The fraction of sp³-hybridized carbons (Fsp3) is 0.353. The first kappa shape index (κ1) is 48.4. The summed E-state index contributed by atoms with van der Waals surface area (Å²) >= 11 is 0. The molecule has 0 fully saturated rings. The molecule has 0 unspecified atom stereocenters. The van der Waals surface area contributed by atoms with Gasteiger partial charge in [0.2, 0.25) is 0 Å². The Morgan fingerprint density at radius 1 is 0.419 bits per heavy atom. The molecule has 0 aliphatic carbocycles. The van der Waals surface area contributed by atoms with Gasteiger partial charge in [0.15, 0.2) is 0 Å². The molecule has 0 aliphatic rings. The van der Waals surface area contributed by atoms with Crippen LogP contribution in [-0.2, 0) is 52.9 Å². The van der Waals surface area contributed by atoms with Gasteiger partial charge in [-0.3, -0.25) is 14.4 Å². The molecule has 0 atom stereocenters. The molecule has 0 bridgehead atoms. The van der Waals surface area contributed by atoms with Crippen molar-refractivity contribution in [1.82, 2.24) is 30.6 Å². The largest absolute Gasteiger partial charge is 0.299 e. The van der Waals surface area contributed by atoms with Gasteiger partial charge < -0.3 is 0 Å². The molecule has 6 aromatic rings. The highest BCUT2D eigenvalue weighted by molar-refractivity contribution is 5.83. The minimum atomic E-state index is -0.315. The second-order valence-electron chi connectivity index (χ2n) is 16.6. The third-order valence-electron chi connectivity index (χ3n) is 9.96. The van der Waals surface area contributed by atoms with Crippen LogP contribution in [0, 0.1) is 32.4 Å². The topological polar surface area (TPSA) is 129 Å². The van der Waals surface area contributed by atoms with Crippen LogP contribution in [0.2, 0.25) is 0 Å². The van der Waals surface area contributed by atoms with Crippen LogP contribution in [0.1, 0.15) is 127 Å². The van der Waals surface area contributed by atoms with Crippen molar-refractivity contribution in [2.24, 2.45) is 0 Å². The number of ketones is 3. The summed E-state index contributed by atoms with van der Waals surface area (Å²) in [6.45, 7) is 17.8. The maximum Gasteiger partial charge on any atom is 0.143 e. The minimum absolute atomic E-state index is 0.00449. The molecule has 0 spiro atoms. The lowest BCUT2D eigenvalue weighted by Crippen LogP contribution is -2.10. The number of rotatable bonds is 15. The highest BCUT2D eigenvalue weighted by atomic mass is 19.1. The Balaban J connectivity index is 0.000000205. The van der Waals surface area contributed by atoms with Crippen LogP contribution in [0.5, 0.6) is 0 Å². The second-order valence-corrected chi connectivity index (χ2v) is 16.6. The normalized spacial score (nSPS) is 10.9. The molecule has 3 aromatic heterocycles. The van der Waals surface area contributed by atoms with Crippen molar-refractivity contribution in [3.05, 3.63) is 176 Å². The van der Waals surface area contributed by atoms with Gasteiger partial charge in [0.05, 0.1) is 53.4 Å². The Morgan fingerprint density at radius 3 is 1.23 bits per heavy atom. The summed E-state index contributed by atoms with van der Waals surface area (Å²) in [5, 5.41) is 23.8. The van der Waals surface area contributed by atoms with Gasteiger partial charge in [0, 0.05) is 19.3 Å². The number of halogens is 2. The SMILES string of the molecule is Cc1ccc(CC(=O)Cc2ccc(C(C)C)c(F)c2)nn1.Cc1ccc(CC(=O)Cc2ccc(C(C)C)cc2)nn1.Cc1ccc(CC(=O)Cc2ccc(C(C)C)cc2F)nn1. The zero-order valence-corrected chi connectivity index (χ0v) is 37.4. The molecule has 324 valence electrons. The van der Waals surface area contributed by atoms with Crippen molar-refractivity contribution in [2.45, 2.75) is 119 Å². The van der Waals surface area contributed by atoms with Crippen LogP contribution in [0.25, 0.3) is 0 Å². The smallest absolute Gasteiger partial charge is 0.143 e. The Labute approximate surface area is 364 Å². The number of aryl methyl sites for hydroxylation is 3. The molecule has 9 nitrogen and oxygen atoms in total. The van der Waals surface area contributed by atoms with E-state index in [1.807, 2.05) is 97.0 Å². The van der Waals surface area contributed by atoms with Gasteiger partial charge in [-0.15, -0.1) is 0 Å². The summed E-state index contributed by atoms with van der Waals surface area (Å²) < 4.78 is 27.9. The van der Waals surface area contributed by atoms with Crippen LogP contribution in [0.15, 0.2) is 97.1 Å². The lowest BCUT2D eigenvalue weighted by molar-refractivity contribution is -0.118. The number of carbonyl (C=O) groups excluding carboxylic acids is 3. The van der Waals surface area contributed by atoms with Crippen molar-refractivity contribution >= 4 is 17.3 Å². The van der Waals surface area contributed by atoms with E-state index < -0.39 is 0 Å². The van der Waals surface area contributed by atoms with Crippen LogP contribution in [0.4, 0.5) is 8.78 Å². The van der Waals surface area contributed by atoms with Crippen LogP contribution >= 0.6 is 0 Å². The molecular formula is C51H58F2N6O3. The number of aromatic nitrogens is 6. The van der Waals surface area contributed by atoms with Gasteiger partial charge in [-0.25, -0.2) is 8.78 Å². The van der Waals surface area contributed by atoms with Crippen LogP contribution < -0.4 is 0 Å². The molecule has 0 N–H and O–H groups in total. The molecule has 11 heteroatoms. The molecule has 0 saturated heterocycles. The molecule has 3 aromatic carbocycles. The molecule has 3 heterocycles. The summed E-state index contributed by atoms with van der Waals surface area (Å²) in [6, 6.07) is 29.3. The third-order valence-corrected chi connectivity index (χ3v) is 9.96. The van der Waals surface area contributed by atoms with Crippen molar-refractivity contribution < 1.29 is 23.2 Å². The number of hydrogen-bond donors (Lipinski definition) is 0. The summed E-state index contributed by atoms with van der Waals surface area (Å²) in [5.74, 6) is 0.469. The first-order valence-electron chi connectivity index (χ1n) is 21.0. The molecule has 0 radical (unpaired) electrons. The average molecular weight is 841 g/mol. The predicted octanol–water partition coefficient (Wildman–Crippen LogP) is 10.1. The van der Waals surface area contributed by atoms with Gasteiger partial charge in [0.1, 0.15) is 29.0 Å². The predicted molar refractivity (Wildman–Crippen MR) is 239 cm³/mol. The van der Waals surface area contributed by atoms with Crippen molar-refractivity contribution in [2.75, 3.05) is 0 Å². The van der Waals surface area contributed by atoms with Crippen LogP contribution in [0.3, 0.4) is 0 Å². The number of hydrogen-bond acceptors (Lipinski definition) is 9. The highest BCUT2D eigenvalue weighted by Gasteiger charge is 2.14. The van der Waals surface area contributed by atoms with E-state index in [-0.39, 0.29) is 66.5 Å². The number of carbonyl (C=O) groups is 3. The van der Waals surface area contributed by atoms with Gasteiger partial charge in [-0.05, 0) is 120 Å². The fourth-order valence-electron chi connectivity index (χ4n) is 6.26. The standard InChI is InChI=1S/2C17H19FN2O.C17H20N2O/c1-11(2)13-5-6-14(17(18)9-13)8-16(21)10-15-7-4-12(3)19-20-15;1-11(2)16-7-5-13(9-17(16)18)8-15(21)10-14-6-4-12(3)19-20-14;1-12(2)15-7-5-14(6-8-15)10-17(20)11-16-9-4-13(3)18-19-16/h2*4-7,9,11H,8,10H2,1-3H3;4-9,12H,10-11H2,1-3H3. The first-order valence-corrected chi connectivity index (χ1v) is 21.0. The summed E-state index contributed by atoms with van der Waals surface area (Å²) in [4.78, 5) is 36.0. The molecule has 6 rings (SSSR count). The van der Waals surface area contributed by atoms with E-state index in [9.17, 15) is 23.2 Å². The monoisotopic (exact) mass is 840 g/mol. The fourth-order valence-corrected chi connectivity index (χ4v) is 6.26. The van der Waals surface area contributed by atoms with Gasteiger partial charge in [-0.2, -0.15) is 30.6 Å². The lowest BCUT2D eigenvalue weighted by Gasteiger charge is -2.08. The summed E-state index contributed by atoms with van der Waals surface area (Å²) in [5.41, 5.74) is 9.58. The van der Waals surface area contributed by atoms with Crippen LogP contribution in [-0.4, -0.2) is 47.9 Å². The van der Waals surface area contributed by atoms with Crippen molar-refractivity contribution in [1.29, 1.82) is 0 Å². The highest BCUT2D eigenvalue weighted by Crippen LogP contribution is 2.21. The summed E-state index contributed by atoms with van der Waals surface area (Å²) in [6.07, 6.45) is 1.50. The van der Waals surface area contributed by atoms with E-state index in [0.29, 0.717) is 46.8 Å². The van der Waals surface area contributed by atoms with Gasteiger partial charge >= 0.3 is 0 Å². The van der Waals surface area contributed by atoms with E-state index in [0.717, 1.165) is 33.9 Å². The maximum absolute atomic E-state index is 14.0. The van der Waals surface area contributed by atoms with Gasteiger partial charge in [-0.1, -0.05) is 90.1 Å². The minimum Gasteiger partial charge on any atom is -0.299 e. The van der Waals surface area contributed by atoms with Gasteiger partial charge in [0.25, 0.3) is 0 Å². The quantitative estimate of drug-likeness (QED) is 0.0992. The summed E-state index contributed by atoms with van der Waals surface area (Å²) in [7, 11) is 0.